The Kier molecular flexibility index (Phi) is 6.23. The molecule has 0 radical (unpaired) electrons. The van der Waals surface area contributed by atoms with Gasteiger partial charge >= 0.3 is 0 Å². The second-order valence-corrected chi connectivity index (χ2v) is 4.77. The maximum Gasteiger partial charge on any atom is 0.269 e. The minimum absolute atomic E-state index is 0.144. The summed E-state index contributed by atoms with van der Waals surface area (Å²) in [5, 5.41) is 17.9. The summed E-state index contributed by atoms with van der Waals surface area (Å²) >= 11 is 0. The fourth-order valence-electron chi connectivity index (χ4n) is 1.42. The normalized spacial score (nSPS) is 10.1. The molecule has 1 aromatic rings. The number of nitrogens with zero attached hydrogens (tertiary/aromatic N) is 3. The molecule has 0 aromatic carbocycles. The average Bonchev–Trinajstić information content (AvgIpc) is 2.39. The van der Waals surface area contributed by atoms with Crippen LogP contribution >= 0.6 is 0 Å². The van der Waals surface area contributed by atoms with E-state index in [1.165, 1.54) is 12.3 Å². The van der Waals surface area contributed by atoms with Gasteiger partial charge in [0.05, 0.1) is 24.4 Å². The third-order valence-corrected chi connectivity index (χ3v) is 2.44. The molecule has 1 heterocycles. The largest absolute Gasteiger partial charge is 0.383 e. The molecule has 20 heavy (non-hydrogen) atoms. The van der Waals surface area contributed by atoms with E-state index in [1.54, 1.807) is 0 Å². The number of aromatic nitrogens is 2. The summed E-state index contributed by atoms with van der Waals surface area (Å²) in [4.78, 5) is 23.3. The van der Waals surface area contributed by atoms with Crippen molar-refractivity contribution in [2.75, 3.05) is 18.4 Å². The van der Waals surface area contributed by atoms with E-state index in [2.05, 4.69) is 29.6 Å². The monoisotopic (exact) mass is 277 g/mol. The molecule has 0 bridgehead atoms. The Hall–Kier alpha value is -2.36. The number of nitriles is 1. The van der Waals surface area contributed by atoms with Gasteiger partial charge in [-0.25, -0.2) is 4.68 Å². The first kappa shape index (κ1) is 15.7. The molecule has 0 saturated carbocycles. The van der Waals surface area contributed by atoms with Crippen molar-refractivity contribution < 1.29 is 4.79 Å². The highest BCUT2D eigenvalue weighted by Gasteiger charge is 2.06. The Balaban J connectivity index is 2.58. The van der Waals surface area contributed by atoms with Crippen LogP contribution in [0.25, 0.3) is 0 Å². The van der Waals surface area contributed by atoms with Gasteiger partial charge in [0, 0.05) is 19.2 Å². The number of rotatable bonds is 7. The van der Waals surface area contributed by atoms with Crippen LogP contribution in [0.2, 0.25) is 0 Å². The summed E-state index contributed by atoms with van der Waals surface area (Å²) < 4.78 is 1.09. The highest BCUT2D eigenvalue weighted by molar-refractivity contribution is 5.75. The fraction of sp³-hybridized carbons (Fsp3) is 0.538. The molecule has 0 saturated heterocycles. The maximum atomic E-state index is 11.8. The van der Waals surface area contributed by atoms with E-state index in [0.717, 1.165) is 11.2 Å². The summed E-state index contributed by atoms with van der Waals surface area (Å²) in [5.41, 5.74) is 0.305. The van der Waals surface area contributed by atoms with Crippen LogP contribution in [-0.2, 0) is 11.3 Å². The molecule has 7 nitrogen and oxygen atoms in total. The first-order valence-corrected chi connectivity index (χ1v) is 6.47. The summed E-state index contributed by atoms with van der Waals surface area (Å²) in [6.07, 6.45) is 1.76. The first-order valence-electron chi connectivity index (χ1n) is 6.47. The van der Waals surface area contributed by atoms with Crippen molar-refractivity contribution in [2.45, 2.75) is 26.8 Å². The topological polar surface area (TPSA) is 99.8 Å². The molecule has 0 aliphatic carbocycles. The third kappa shape index (κ3) is 5.52. The number of hydrogen-bond donors (Lipinski definition) is 2. The Morgan fingerprint density at radius 3 is 2.90 bits per heavy atom. The number of amides is 1. The smallest absolute Gasteiger partial charge is 0.269 e. The lowest BCUT2D eigenvalue weighted by Crippen LogP contribution is -2.33. The molecule has 0 aliphatic rings. The molecule has 1 rings (SSSR count). The van der Waals surface area contributed by atoms with Crippen molar-refractivity contribution in [3.8, 4) is 6.07 Å². The molecule has 0 aliphatic heterocycles. The van der Waals surface area contributed by atoms with Crippen LogP contribution in [0.3, 0.4) is 0 Å². The van der Waals surface area contributed by atoms with Crippen molar-refractivity contribution in [3.63, 3.8) is 0 Å². The first-order chi connectivity index (χ1) is 9.52. The van der Waals surface area contributed by atoms with Crippen LogP contribution in [0.4, 0.5) is 5.69 Å². The van der Waals surface area contributed by atoms with Gasteiger partial charge < -0.3 is 10.6 Å². The van der Waals surface area contributed by atoms with Crippen molar-refractivity contribution in [1.82, 2.24) is 15.1 Å². The molecule has 2 N–H and O–H groups in total. The van der Waals surface area contributed by atoms with Gasteiger partial charge in [-0.05, 0) is 5.92 Å². The van der Waals surface area contributed by atoms with E-state index in [9.17, 15) is 9.59 Å². The van der Waals surface area contributed by atoms with E-state index in [-0.39, 0.29) is 31.0 Å². The lowest BCUT2D eigenvalue weighted by atomic mass is 10.2. The van der Waals surface area contributed by atoms with Crippen molar-refractivity contribution in [3.05, 3.63) is 22.6 Å². The molecule has 0 fully saturated rings. The number of anilines is 1. The molecule has 1 aromatic heterocycles. The number of nitrogens with one attached hydrogen (secondary N) is 2. The van der Waals surface area contributed by atoms with Gasteiger partial charge in [-0.3, -0.25) is 9.59 Å². The molecule has 1 amide bonds. The van der Waals surface area contributed by atoms with Crippen LogP contribution in [0.1, 0.15) is 20.3 Å². The molecule has 0 atom stereocenters. The molecule has 108 valence electrons. The minimum Gasteiger partial charge on any atom is -0.383 e. The van der Waals surface area contributed by atoms with Crippen LogP contribution in [0.5, 0.6) is 0 Å². The van der Waals surface area contributed by atoms with Gasteiger partial charge in [0.25, 0.3) is 5.56 Å². The van der Waals surface area contributed by atoms with E-state index in [0.29, 0.717) is 11.6 Å². The Morgan fingerprint density at radius 1 is 1.55 bits per heavy atom. The summed E-state index contributed by atoms with van der Waals surface area (Å²) in [7, 11) is 0. The lowest BCUT2D eigenvalue weighted by molar-refractivity contribution is -0.121. The fourth-order valence-corrected chi connectivity index (χ4v) is 1.42. The zero-order valence-corrected chi connectivity index (χ0v) is 11.7. The van der Waals surface area contributed by atoms with E-state index >= 15 is 0 Å². The second-order valence-electron chi connectivity index (χ2n) is 4.77. The average molecular weight is 277 g/mol. The maximum absolute atomic E-state index is 11.8. The lowest BCUT2D eigenvalue weighted by Gasteiger charge is -2.09. The SMILES string of the molecule is CC(C)CNc1cnn(CC(=O)NCCC#N)c(=O)c1. The van der Waals surface area contributed by atoms with Crippen LogP contribution in [0.15, 0.2) is 17.1 Å². The predicted octanol–water partition coefficient (Wildman–Crippen LogP) is 0.341. The molecular weight excluding hydrogens is 258 g/mol. The molecular formula is C13H19N5O2. The van der Waals surface area contributed by atoms with Crippen molar-refractivity contribution in [2.24, 2.45) is 5.92 Å². The molecule has 0 spiro atoms. The number of hydrogen-bond acceptors (Lipinski definition) is 5. The highest BCUT2D eigenvalue weighted by Crippen LogP contribution is 2.01. The van der Waals surface area contributed by atoms with E-state index in [4.69, 9.17) is 5.26 Å². The van der Waals surface area contributed by atoms with Gasteiger partial charge in [-0.15, -0.1) is 0 Å². The Morgan fingerprint density at radius 2 is 2.30 bits per heavy atom. The van der Waals surface area contributed by atoms with Crippen molar-refractivity contribution >= 4 is 11.6 Å². The van der Waals surface area contributed by atoms with Gasteiger partial charge in [-0.1, -0.05) is 13.8 Å². The third-order valence-electron chi connectivity index (χ3n) is 2.44. The Bertz CT molecular complexity index is 544. The molecule has 7 heteroatoms. The van der Waals surface area contributed by atoms with Crippen molar-refractivity contribution in [1.29, 1.82) is 5.26 Å². The zero-order valence-electron chi connectivity index (χ0n) is 11.7. The van der Waals surface area contributed by atoms with E-state index < -0.39 is 0 Å². The predicted molar refractivity (Wildman–Crippen MR) is 75.1 cm³/mol. The number of carbonyl (C=O) groups is 1. The van der Waals surface area contributed by atoms with Crippen LogP contribution < -0.4 is 16.2 Å². The molecule has 0 unspecified atom stereocenters. The summed E-state index contributed by atoms with van der Waals surface area (Å²) in [5.74, 6) is 0.126. The highest BCUT2D eigenvalue weighted by atomic mass is 16.2. The van der Waals surface area contributed by atoms with Gasteiger partial charge in [0.2, 0.25) is 5.91 Å². The minimum atomic E-state index is -0.339. The van der Waals surface area contributed by atoms with Gasteiger partial charge in [-0.2, -0.15) is 10.4 Å². The summed E-state index contributed by atoms with van der Waals surface area (Å²) in [6.45, 7) is 5.01. The van der Waals surface area contributed by atoms with Gasteiger partial charge in [0.15, 0.2) is 0 Å². The summed E-state index contributed by atoms with van der Waals surface area (Å²) in [6, 6.07) is 3.34. The second kappa shape index (κ2) is 7.94. The number of carbonyl (C=O) groups excluding carboxylic acids is 1. The quantitative estimate of drug-likeness (QED) is 0.700. The Labute approximate surface area is 117 Å². The van der Waals surface area contributed by atoms with Crippen LogP contribution in [0, 0.1) is 17.2 Å². The zero-order chi connectivity index (χ0) is 15.0. The standard InChI is InChI=1S/C13H19N5O2/c1-10(2)7-16-11-6-13(20)18(17-8-11)9-12(19)15-5-3-4-14/h6,8,10,16H,3,5,7,9H2,1-2H3,(H,15,19). The van der Waals surface area contributed by atoms with Gasteiger partial charge in [0.1, 0.15) is 6.54 Å². The van der Waals surface area contributed by atoms with Crippen LogP contribution in [-0.4, -0.2) is 28.8 Å². The van der Waals surface area contributed by atoms with E-state index in [1.807, 2.05) is 6.07 Å².